The van der Waals surface area contributed by atoms with E-state index in [2.05, 4.69) is 10.3 Å². The highest BCUT2D eigenvalue weighted by Crippen LogP contribution is 2.28. The Morgan fingerprint density at radius 3 is 2.96 bits per heavy atom. The second-order valence-corrected chi connectivity index (χ2v) is 6.96. The Kier molecular flexibility index (Phi) is 3.58. The lowest BCUT2D eigenvalue weighted by Crippen LogP contribution is -2.13. The fraction of sp³-hybridized carbons (Fsp3) is 0.158. The van der Waals surface area contributed by atoms with Crippen LogP contribution in [0.4, 0.5) is 5.13 Å². The summed E-state index contributed by atoms with van der Waals surface area (Å²) in [5, 5.41) is 4.51. The number of carbonyl (C=O) groups is 1. The summed E-state index contributed by atoms with van der Waals surface area (Å²) in [6.07, 6.45) is 1.93. The Labute approximate surface area is 143 Å². The summed E-state index contributed by atoms with van der Waals surface area (Å²) < 4.78 is 6.63. The summed E-state index contributed by atoms with van der Waals surface area (Å²) >= 11 is 1.49. The number of benzene rings is 2. The molecule has 0 bridgehead atoms. The Balaban J connectivity index is 1.56. The molecule has 0 unspecified atom stereocenters. The van der Waals surface area contributed by atoms with Crippen LogP contribution in [-0.4, -0.2) is 10.9 Å². The molecule has 0 saturated heterocycles. The molecular weight excluding hydrogens is 320 g/mol. The summed E-state index contributed by atoms with van der Waals surface area (Å²) in [6, 6.07) is 12.0. The molecule has 0 fully saturated rings. The number of nitrogens with zero attached hydrogens (tertiary/aromatic N) is 1. The van der Waals surface area contributed by atoms with Crippen molar-refractivity contribution in [1.82, 2.24) is 4.98 Å². The lowest BCUT2D eigenvalue weighted by atomic mass is 10.1. The van der Waals surface area contributed by atoms with Crippen LogP contribution < -0.4 is 5.32 Å². The first-order valence-electron chi connectivity index (χ1n) is 7.73. The van der Waals surface area contributed by atoms with E-state index in [0.29, 0.717) is 5.13 Å². The van der Waals surface area contributed by atoms with Crippen molar-refractivity contribution in [2.75, 3.05) is 5.32 Å². The normalized spacial score (nSPS) is 11.2. The van der Waals surface area contributed by atoms with Crippen LogP contribution in [0, 0.1) is 13.8 Å². The first-order valence-corrected chi connectivity index (χ1v) is 8.54. The van der Waals surface area contributed by atoms with Gasteiger partial charge in [-0.25, -0.2) is 4.98 Å². The van der Waals surface area contributed by atoms with E-state index in [-0.39, 0.29) is 12.3 Å². The molecule has 2 heterocycles. The fourth-order valence-electron chi connectivity index (χ4n) is 2.80. The highest BCUT2D eigenvalue weighted by Gasteiger charge is 2.13. The van der Waals surface area contributed by atoms with E-state index in [1.165, 1.54) is 11.3 Å². The van der Waals surface area contributed by atoms with Gasteiger partial charge in [-0.1, -0.05) is 35.6 Å². The van der Waals surface area contributed by atoms with E-state index in [1.807, 2.05) is 50.2 Å². The average Bonchev–Trinajstić information content (AvgIpc) is 3.12. The first-order chi connectivity index (χ1) is 11.6. The number of hydrogen-bond donors (Lipinski definition) is 1. The molecule has 0 saturated carbocycles. The molecule has 120 valence electrons. The lowest BCUT2D eigenvalue weighted by molar-refractivity contribution is -0.115. The standard InChI is InChI=1S/C19H16N2O2S/c1-11-6-7-14-13(10-23-15(14)8-11)9-17(22)20-19-21-18-12(2)4-3-5-16(18)24-19/h3-8,10H,9H2,1-2H3,(H,20,21,22). The van der Waals surface area contributed by atoms with Gasteiger partial charge in [0.2, 0.25) is 5.91 Å². The zero-order chi connectivity index (χ0) is 16.7. The second kappa shape index (κ2) is 5.76. The summed E-state index contributed by atoms with van der Waals surface area (Å²) in [4.78, 5) is 16.9. The van der Waals surface area contributed by atoms with Gasteiger partial charge < -0.3 is 9.73 Å². The van der Waals surface area contributed by atoms with Crippen molar-refractivity contribution in [3.8, 4) is 0 Å². The monoisotopic (exact) mass is 336 g/mol. The van der Waals surface area contributed by atoms with Crippen molar-refractivity contribution >= 4 is 43.6 Å². The van der Waals surface area contributed by atoms with Gasteiger partial charge in [-0.2, -0.15) is 0 Å². The van der Waals surface area contributed by atoms with Gasteiger partial charge in [-0.3, -0.25) is 4.79 Å². The molecule has 4 rings (SSSR count). The molecule has 0 radical (unpaired) electrons. The zero-order valence-electron chi connectivity index (χ0n) is 13.4. The Morgan fingerprint density at radius 1 is 1.25 bits per heavy atom. The highest BCUT2D eigenvalue weighted by atomic mass is 32.1. The van der Waals surface area contributed by atoms with E-state index in [1.54, 1.807) is 6.26 Å². The Morgan fingerprint density at radius 2 is 2.12 bits per heavy atom. The third-order valence-corrected chi connectivity index (χ3v) is 4.97. The molecule has 0 aliphatic rings. The SMILES string of the molecule is Cc1ccc2c(CC(=O)Nc3nc4c(C)cccc4s3)coc2c1. The molecule has 2 aromatic heterocycles. The van der Waals surface area contributed by atoms with Crippen LogP contribution >= 0.6 is 11.3 Å². The summed E-state index contributed by atoms with van der Waals surface area (Å²) in [6.45, 7) is 4.04. The summed E-state index contributed by atoms with van der Waals surface area (Å²) in [5.41, 5.74) is 4.90. The predicted octanol–water partition coefficient (Wildman–Crippen LogP) is 4.84. The molecule has 5 heteroatoms. The van der Waals surface area contributed by atoms with Crippen LogP contribution in [0.5, 0.6) is 0 Å². The summed E-state index contributed by atoms with van der Waals surface area (Å²) in [7, 11) is 0. The molecule has 0 spiro atoms. The van der Waals surface area contributed by atoms with Gasteiger partial charge in [0, 0.05) is 10.9 Å². The maximum Gasteiger partial charge on any atom is 0.230 e. The van der Waals surface area contributed by atoms with Crippen molar-refractivity contribution in [3.05, 3.63) is 59.4 Å². The third kappa shape index (κ3) is 2.67. The first kappa shape index (κ1) is 14.9. The van der Waals surface area contributed by atoms with E-state index < -0.39 is 0 Å². The largest absolute Gasteiger partial charge is 0.464 e. The van der Waals surface area contributed by atoms with Gasteiger partial charge in [0.05, 0.1) is 22.9 Å². The number of thiazole rings is 1. The van der Waals surface area contributed by atoms with Crippen molar-refractivity contribution in [2.45, 2.75) is 20.3 Å². The van der Waals surface area contributed by atoms with Crippen LogP contribution in [0.25, 0.3) is 21.2 Å². The number of fused-ring (bicyclic) bond motifs is 2. The molecule has 1 N–H and O–H groups in total. The Bertz CT molecular complexity index is 1060. The molecule has 2 aromatic carbocycles. The minimum Gasteiger partial charge on any atom is -0.464 e. The minimum absolute atomic E-state index is 0.0880. The molecule has 1 amide bonds. The Hall–Kier alpha value is -2.66. The lowest BCUT2D eigenvalue weighted by Gasteiger charge is -2.00. The van der Waals surface area contributed by atoms with E-state index >= 15 is 0 Å². The minimum atomic E-state index is -0.0880. The van der Waals surface area contributed by atoms with Gasteiger partial charge in [0.25, 0.3) is 0 Å². The van der Waals surface area contributed by atoms with Gasteiger partial charge >= 0.3 is 0 Å². The molecule has 0 aliphatic carbocycles. The number of amides is 1. The average molecular weight is 336 g/mol. The topological polar surface area (TPSA) is 55.1 Å². The third-order valence-electron chi connectivity index (χ3n) is 4.03. The number of nitrogens with one attached hydrogen (secondary N) is 1. The molecule has 4 aromatic rings. The number of furan rings is 1. The predicted molar refractivity (Wildman–Crippen MR) is 97.6 cm³/mol. The molecule has 0 aliphatic heterocycles. The van der Waals surface area contributed by atoms with Gasteiger partial charge in [-0.15, -0.1) is 0 Å². The van der Waals surface area contributed by atoms with Crippen LogP contribution in [-0.2, 0) is 11.2 Å². The number of carbonyl (C=O) groups excluding carboxylic acids is 1. The maximum absolute atomic E-state index is 12.4. The number of rotatable bonds is 3. The molecule has 24 heavy (non-hydrogen) atoms. The van der Waals surface area contributed by atoms with Crippen molar-refractivity contribution < 1.29 is 9.21 Å². The van der Waals surface area contributed by atoms with Crippen molar-refractivity contribution in [1.29, 1.82) is 0 Å². The molecule has 0 atom stereocenters. The van der Waals surface area contributed by atoms with E-state index in [0.717, 1.165) is 37.9 Å². The fourth-order valence-corrected chi connectivity index (χ4v) is 3.76. The number of hydrogen-bond acceptors (Lipinski definition) is 4. The van der Waals surface area contributed by atoms with Crippen molar-refractivity contribution in [3.63, 3.8) is 0 Å². The van der Waals surface area contributed by atoms with Gasteiger partial charge in [0.1, 0.15) is 5.58 Å². The van der Waals surface area contributed by atoms with Crippen LogP contribution in [0.15, 0.2) is 47.1 Å². The van der Waals surface area contributed by atoms with Gasteiger partial charge in [-0.05, 0) is 37.1 Å². The maximum atomic E-state index is 12.4. The van der Waals surface area contributed by atoms with E-state index in [9.17, 15) is 4.79 Å². The van der Waals surface area contributed by atoms with Gasteiger partial charge in [0.15, 0.2) is 5.13 Å². The number of anilines is 1. The van der Waals surface area contributed by atoms with Crippen molar-refractivity contribution in [2.24, 2.45) is 0 Å². The molecular formula is C19H16N2O2S. The number of aryl methyl sites for hydroxylation is 2. The zero-order valence-corrected chi connectivity index (χ0v) is 14.2. The molecule has 4 nitrogen and oxygen atoms in total. The van der Waals surface area contributed by atoms with Crippen LogP contribution in [0.3, 0.4) is 0 Å². The van der Waals surface area contributed by atoms with E-state index in [4.69, 9.17) is 4.42 Å². The quantitative estimate of drug-likeness (QED) is 0.582. The van der Waals surface area contributed by atoms with Crippen LogP contribution in [0.1, 0.15) is 16.7 Å². The summed E-state index contributed by atoms with van der Waals surface area (Å²) in [5.74, 6) is -0.0880. The number of para-hydroxylation sites is 1. The van der Waals surface area contributed by atoms with Crippen LogP contribution in [0.2, 0.25) is 0 Å². The number of aromatic nitrogens is 1. The second-order valence-electron chi connectivity index (χ2n) is 5.93. The highest BCUT2D eigenvalue weighted by molar-refractivity contribution is 7.22. The smallest absolute Gasteiger partial charge is 0.230 e.